The van der Waals surface area contributed by atoms with Gasteiger partial charge in [-0.2, -0.15) is 0 Å². The third kappa shape index (κ3) is 3.82. The van der Waals surface area contributed by atoms with E-state index in [1.807, 2.05) is 78.9 Å². The highest BCUT2D eigenvalue weighted by molar-refractivity contribution is 7.22. The molecule has 1 heterocycles. The fourth-order valence-corrected chi connectivity index (χ4v) is 3.80. The van der Waals surface area contributed by atoms with Crippen LogP contribution in [0.15, 0.2) is 78.9 Å². The molecule has 0 saturated heterocycles. The molecule has 0 bridgehead atoms. The van der Waals surface area contributed by atoms with Crippen LogP contribution in [-0.2, 0) is 4.79 Å². The maximum atomic E-state index is 13.1. The maximum Gasteiger partial charge on any atom is 0.271 e. The molecule has 28 heavy (non-hydrogen) atoms. The fraction of sp³-hybridized carbons (Fsp3) is 0.0909. The molecule has 3 aromatic carbocycles. The maximum absolute atomic E-state index is 13.1. The van der Waals surface area contributed by atoms with Crippen LogP contribution in [0.3, 0.4) is 0 Å². The van der Waals surface area contributed by atoms with Gasteiger partial charge in [0.05, 0.1) is 23.0 Å². The third-order valence-electron chi connectivity index (χ3n) is 4.14. The van der Waals surface area contributed by atoms with Gasteiger partial charge in [-0.1, -0.05) is 47.7 Å². The summed E-state index contributed by atoms with van der Waals surface area (Å²) in [6.45, 7) is -0.100. The first-order valence-electron chi connectivity index (χ1n) is 8.75. The molecule has 1 aromatic heterocycles. The molecule has 0 radical (unpaired) electrons. The van der Waals surface area contributed by atoms with Crippen molar-refractivity contribution in [2.45, 2.75) is 0 Å². The van der Waals surface area contributed by atoms with Gasteiger partial charge in [-0.05, 0) is 36.4 Å². The number of thiazole rings is 1. The molecule has 1 amide bonds. The summed E-state index contributed by atoms with van der Waals surface area (Å²) in [5.74, 6) is 1.10. The van der Waals surface area contributed by atoms with Gasteiger partial charge < -0.3 is 9.47 Å². The number of carbonyl (C=O) groups excluding carboxylic acids is 1. The van der Waals surface area contributed by atoms with E-state index >= 15 is 0 Å². The van der Waals surface area contributed by atoms with Gasteiger partial charge in [0.15, 0.2) is 11.7 Å². The predicted octanol–water partition coefficient (Wildman–Crippen LogP) is 5.05. The van der Waals surface area contributed by atoms with Crippen LogP contribution in [0.4, 0.5) is 10.8 Å². The monoisotopic (exact) mass is 390 g/mol. The van der Waals surface area contributed by atoms with Crippen LogP contribution in [0.25, 0.3) is 10.2 Å². The minimum absolute atomic E-state index is 0.100. The molecule has 0 saturated carbocycles. The lowest BCUT2D eigenvalue weighted by Gasteiger charge is -2.20. The molecule has 0 fully saturated rings. The first-order valence-corrected chi connectivity index (χ1v) is 9.57. The van der Waals surface area contributed by atoms with E-state index in [0.717, 1.165) is 10.2 Å². The number of benzene rings is 3. The van der Waals surface area contributed by atoms with E-state index in [2.05, 4.69) is 4.98 Å². The number of fused-ring (bicyclic) bond motifs is 1. The summed E-state index contributed by atoms with van der Waals surface area (Å²) in [6.07, 6.45) is 0. The summed E-state index contributed by atoms with van der Waals surface area (Å²) in [5.41, 5.74) is 1.53. The van der Waals surface area contributed by atoms with Crippen molar-refractivity contribution in [2.75, 3.05) is 18.6 Å². The summed E-state index contributed by atoms with van der Waals surface area (Å²) in [7, 11) is 1.60. The molecular formula is C22H18N2O3S. The predicted molar refractivity (Wildman–Crippen MR) is 112 cm³/mol. The van der Waals surface area contributed by atoms with Crippen molar-refractivity contribution in [1.82, 2.24) is 4.98 Å². The molecule has 0 spiro atoms. The SMILES string of the molecule is COc1cccc(N(C(=O)COc2ccccc2)c2nc3ccccc3s2)c1. The minimum Gasteiger partial charge on any atom is -0.497 e. The average Bonchev–Trinajstić information content (AvgIpc) is 3.17. The van der Waals surface area contributed by atoms with Crippen LogP contribution < -0.4 is 14.4 Å². The van der Waals surface area contributed by atoms with E-state index in [1.54, 1.807) is 12.0 Å². The van der Waals surface area contributed by atoms with Crippen LogP contribution in [0.1, 0.15) is 0 Å². The van der Waals surface area contributed by atoms with Crippen LogP contribution >= 0.6 is 11.3 Å². The Morgan fingerprint density at radius 1 is 0.964 bits per heavy atom. The van der Waals surface area contributed by atoms with Gasteiger partial charge in [-0.3, -0.25) is 9.69 Å². The molecule has 0 aliphatic heterocycles. The minimum atomic E-state index is -0.212. The fourth-order valence-electron chi connectivity index (χ4n) is 2.79. The summed E-state index contributed by atoms with van der Waals surface area (Å²) in [5, 5.41) is 0.594. The number of nitrogens with zero attached hydrogens (tertiary/aromatic N) is 2. The van der Waals surface area contributed by atoms with Crippen LogP contribution in [0.2, 0.25) is 0 Å². The third-order valence-corrected chi connectivity index (χ3v) is 5.16. The van der Waals surface area contributed by atoms with Crippen molar-refractivity contribution in [2.24, 2.45) is 0 Å². The Balaban J connectivity index is 1.69. The largest absolute Gasteiger partial charge is 0.497 e. The van der Waals surface area contributed by atoms with E-state index in [-0.39, 0.29) is 12.5 Å². The molecule has 6 heteroatoms. The summed E-state index contributed by atoms with van der Waals surface area (Å²) in [4.78, 5) is 19.3. The molecule has 4 aromatic rings. The molecule has 0 unspecified atom stereocenters. The molecule has 4 rings (SSSR count). The zero-order valence-electron chi connectivity index (χ0n) is 15.2. The lowest BCUT2D eigenvalue weighted by Crippen LogP contribution is -2.30. The molecule has 0 aliphatic rings. The number of aromatic nitrogens is 1. The summed E-state index contributed by atoms with van der Waals surface area (Å²) in [6, 6.07) is 24.4. The van der Waals surface area contributed by atoms with Crippen LogP contribution in [-0.4, -0.2) is 24.6 Å². The Morgan fingerprint density at radius 2 is 1.71 bits per heavy atom. The van der Waals surface area contributed by atoms with Crippen molar-refractivity contribution in [3.8, 4) is 11.5 Å². The van der Waals surface area contributed by atoms with Crippen LogP contribution in [0, 0.1) is 0 Å². The van der Waals surface area contributed by atoms with Crippen LogP contribution in [0.5, 0.6) is 11.5 Å². The normalized spacial score (nSPS) is 10.6. The van der Waals surface area contributed by atoms with Crippen molar-refractivity contribution >= 4 is 38.3 Å². The smallest absolute Gasteiger partial charge is 0.271 e. The number of ether oxygens (including phenoxy) is 2. The number of methoxy groups -OCH3 is 1. The van der Waals surface area contributed by atoms with Crippen molar-refractivity contribution < 1.29 is 14.3 Å². The Kier molecular flexibility index (Phi) is 5.21. The Hall–Kier alpha value is -3.38. The summed E-state index contributed by atoms with van der Waals surface area (Å²) >= 11 is 1.46. The van der Waals surface area contributed by atoms with E-state index in [1.165, 1.54) is 11.3 Å². The molecule has 5 nitrogen and oxygen atoms in total. The molecule has 0 aliphatic carbocycles. The zero-order chi connectivity index (χ0) is 19.3. The Labute approximate surface area is 166 Å². The lowest BCUT2D eigenvalue weighted by molar-refractivity contribution is -0.119. The number of hydrogen-bond donors (Lipinski definition) is 0. The van der Waals surface area contributed by atoms with Gasteiger partial charge in [-0.25, -0.2) is 4.98 Å². The first kappa shape index (κ1) is 18.0. The van der Waals surface area contributed by atoms with Gasteiger partial charge in [-0.15, -0.1) is 0 Å². The number of hydrogen-bond acceptors (Lipinski definition) is 5. The topological polar surface area (TPSA) is 51.7 Å². The highest BCUT2D eigenvalue weighted by Crippen LogP contribution is 2.34. The number of para-hydroxylation sites is 2. The molecule has 0 atom stereocenters. The van der Waals surface area contributed by atoms with Gasteiger partial charge >= 0.3 is 0 Å². The second-order valence-corrected chi connectivity index (χ2v) is 7.01. The van der Waals surface area contributed by atoms with E-state index < -0.39 is 0 Å². The highest BCUT2D eigenvalue weighted by Gasteiger charge is 2.23. The van der Waals surface area contributed by atoms with E-state index in [9.17, 15) is 4.79 Å². The molecular weight excluding hydrogens is 372 g/mol. The van der Waals surface area contributed by atoms with Gasteiger partial charge in [0.1, 0.15) is 11.5 Å². The Bertz CT molecular complexity index is 1060. The number of anilines is 2. The molecule has 140 valence electrons. The van der Waals surface area contributed by atoms with Crippen molar-refractivity contribution in [1.29, 1.82) is 0 Å². The number of carbonyl (C=O) groups is 1. The highest BCUT2D eigenvalue weighted by atomic mass is 32.1. The summed E-state index contributed by atoms with van der Waals surface area (Å²) < 4.78 is 12.0. The second kappa shape index (κ2) is 8.10. The average molecular weight is 390 g/mol. The first-order chi connectivity index (χ1) is 13.7. The van der Waals surface area contributed by atoms with E-state index in [4.69, 9.17) is 9.47 Å². The molecule has 0 N–H and O–H groups in total. The second-order valence-electron chi connectivity index (χ2n) is 6.00. The zero-order valence-corrected chi connectivity index (χ0v) is 16.1. The van der Waals surface area contributed by atoms with Gasteiger partial charge in [0, 0.05) is 6.07 Å². The quantitative estimate of drug-likeness (QED) is 0.462. The standard InChI is InChI=1S/C22H18N2O3S/c1-26-18-11-7-8-16(14-18)24(21(25)15-27-17-9-3-2-4-10-17)22-23-19-12-5-6-13-20(19)28-22/h2-14H,15H2,1H3. The van der Waals surface area contributed by atoms with Gasteiger partial charge in [0.25, 0.3) is 5.91 Å². The van der Waals surface area contributed by atoms with Crippen molar-refractivity contribution in [3.05, 3.63) is 78.9 Å². The Morgan fingerprint density at radius 3 is 2.50 bits per heavy atom. The lowest BCUT2D eigenvalue weighted by atomic mass is 10.2. The van der Waals surface area contributed by atoms with Crippen molar-refractivity contribution in [3.63, 3.8) is 0 Å². The van der Waals surface area contributed by atoms with Gasteiger partial charge in [0.2, 0.25) is 0 Å². The van der Waals surface area contributed by atoms with E-state index in [0.29, 0.717) is 22.3 Å². The number of amides is 1. The number of rotatable bonds is 6.